The second kappa shape index (κ2) is 2.34. The molecule has 0 nitrogen and oxygen atoms in total. The zero-order valence-electron chi connectivity index (χ0n) is 1.61. The Morgan fingerprint density at radius 2 is 1.50 bits per heavy atom. The predicted molar refractivity (Wildman–Crippen MR) is 26.0 cm³/mol. The molecule has 0 rings (SSSR count). The van der Waals surface area contributed by atoms with E-state index in [1.807, 2.05) is 0 Å². The van der Waals surface area contributed by atoms with Gasteiger partial charge in [-0.05, 0) is 0 Å². The molecule has 0 fully saturated rings. The molecule has 0 aromatic heterocycles. The lowest BCUT2D eigenvalue weighted by atomic mass is 30.3. The van der Waals surface area contributed by atoms with Crippen LogP contribution >= 0.6 is 27.9 Å². The van der Waals surface area contributed by atoms with Crippen LogP contribution in [0, 0.1) is 0 Å². The summed E-state index contributed by atoms with van der Waals surface area (Å²) in [6.07, 6.45) is 0. The molecule has 0 bridgehead atoms. The Balaban J connectivity index is 2.80. The van der Waals surface area contributed by atoms with E-state index in [2.05, 4.69) is 11.8 Å². The molecule has 0 radical (unpaired) electrons. The van der Waals surface area contributed by atoms with Crippen molar-refractivity contribution in [3.05, 3.63) is 0 Å². The van der Waals surface area contributed by atoms with Crippen LogP contribution < -0.4 is 0 Å². The Morgan fingerprint density at radius 1 is 1.50 bits per heavy atom. The van der Waals surface area contributed by atoms with E-state index in [0.717, 1.165) is 0 Å². The maximum Gasteiger partial charge on any atom is 0.407 e. The fraction of sp³-hybridized carbons (Fsp3) is 0. The summed E-state index contributed by atoms with van der Waals surface area (Å²) in [6, 6.07) is 0. The van der Waals surface area contributed by atoms with Crippen molar-refractivity contribution >= 4 is 39.7 Å². The highest BCUT2D eigenvalue weighted by Gasteiger charge is 1.89. The molecule has 0 aliphatic carbocycles. The molecule has 0 amide bonds. The van der Waals surface area contributed by atoms with E-state index in [1.165, 1.54) is 0 Å². The van der Waals surface area contributed by atoms with Gasteiger partial charge in [-0.2, -0.15) is 0 Å². The molecule has 4 heavy (non-hydrogen) atoms. The maximum absolute atomic E-state index is 4.92. The minimum absolute atomic E-state index is 1.09. The van der Waals surface area contributed by atoms with Crippen LogP contribution in [0.3, 0.4) is 0 Å². The number of halogens is 2. The first-order chi connectivity index (χ1) is 1.73. The van der Waals surface area contributed by atoms with Crippen molar-refractivity contribution in [3.8, 4) is 0 Å². The highest BCUT2D eigenvalue weighted by molar-refractivity contribution is 8.29. The molecule has 0 atom stereocenters. The van der Waals surface area contributed by atoms with Gasteiger partial charge in [0.05, 0.1) is 0 Å². The van der Waals surface area contributed by atoms with Crippen molar-refractivity contribution < 1.29 is 0 Å². The smallest absolute Gasteiger partial charge is 0.195 e. The monoisotopic (exact) mass is 133 g/mol. The van der Waals surface area contributed by atoms with Crippen molar-refractivity contribution in [1.82, 2.24) is 0 Å². The fourth-order valence-corrected chi connectivity index (χ4v) is 0. The van der Waals surface area contributed by atoms with Gasteiger partial charge in [-0.1, -0.05) is 0 Å². The lowest BCUT2D eigenvalue weighted by molar-refractivity contribution is 4.81. The van der Waals surface area contributed by atoms with E-state index in [1.54, 1.807) is 0 Å². The van der Waals surface area contributed by atoms with Crippen molar-refractivity contribution in [1.29, 1.82) is 0 Å². The Kier molecular flexibility index (Phi) is 2.99. The van der Waals surface area contributed by atoms with Gasteiger partial charge in [-0.25, -0.2) is 0 Å². The van der Waals surface area contributed by atoms with Gasteiger partial charge in [0.15, 0.2) is 22.5 Å². The summed E-state index contributed by atoms with van der Waals surface area (Å²) in [5.41, 5.74) is 0. The number of hydrogen-bond acceptors (Lipinski definition) is 1. The van der Waals surface area contributed by atoms with Gasteiger partial charge in [0.1, 0.15) is 0 Å². The van der Waals surface area contributed by atoms with Crippen LogP contribution in [0.15, 0.2) is 0 Å². The third-order valence-corrected chi connectivity index (χ3v) is 0. The molecule has 0 saturated carbocycles. The highest BCUT2D eigenvalue weighted by Crippen LogP contribution is 2.31. The van der Waals surface area contributed by atoms with Gasteiger partial charge in [-0.15, -0.1) is 0 Å². The van der Waals surface area contributed by atoms with Crippen LogP contribution in [-0.4, -0.2) is 0 Å². The van der Waals surface area contributed by atoms with Gasteiger partial charge in [0.2, 0.25) is 11.8 Å². The normalized spacial score (nSPS) is 6.50. The molecule has 24 valence electrons. The zero-order valence-corrected chi connectivity index (χ0v) is 4.83. The largest absolute Gasteiger partial charge is 0.407 e. The third kappa shape index (κ3) is 11.3. The summed E-state index contributed by atoms with van der Waals surface area (Å²) >= 11 is 14.1. The summed E-state index contributed by atoms with van der Waals surface area (Å²) in [5, 5.41) is -1.09. The Hall–Kier alpha value is 1.10. The quantitative estimate of drug-likeness (QED) is 0.457. The van der Waals surface area contributed by atoms with Crippen molar-refractivity contribution in [3.63, 3.8) is 0 Å². The van der Waals surface area contributed by atoms with Crippen LogP contribution in [-0.2, 0) is 11.8 Å². The molecule has 0 saturated heterocycles. The summed E-state index contributed by atoms with van der Waals surface area (Å²) in [7, 11) is 0. The molecular formula is Cl2PS+. The molecule has 0 unspecified atom stereocenters. The molecule has 0 heterocycles. The van der Waals surface area contributed by atoms with Gasteiger partial charge in [-0.3, -0.25) is 0 Å². The zero-order chi connectivity index (χ0) is 3.58. The van der Waals surface area contributed by atoms with E-state index in [9.17, 15) is 0 Å². The van der Waals surface area contributed by atoms with Gasteiger partial charge >= 0.3 is 5.40 Å². The predicted octanol–water partition coefficient (Wildman–Crippen LogP) is 2.24. The van der Waals surface area contributed by atoms with E-state index >= 15 is 0 Å². The molecular weight excluding hydrogens is 134 g/mol. The summed E-state index contributed by atoms with van der Waals surface area (Å²) in [6.45, 7) is 0. The van der Waals surface area contributed by atoms with Gasteiger partial charge in [0, 0.05) is 0 Å². The topological polar surface area (TPSA) is 0 Å². The minimum Gasteiger partial charge on any atom is 0.195 e. The fourth-order valence-electron chi connectivity index (χ4n) is 0. The molecule has 0 N–H and O–H groups in total. The third-order valence-electron chi connectivity index (χ3n) is 0. The number of rotatable bonds is 0. The van der Waals surface area contributed by atoms with E-state index in [0.29, 0.717) is 0 Å². The van der Waals surface area contributed by atoms with Crippen molar-refractivity contribution in [2.75, 3.05) is 0 Å². The lowest BCUT2D eigenvalue weighted by Crippen LogP contribution is -0.922. The highest BCUT2D eigenvalue weighted by atomic mass is 35.9. The first-order valence-electron chi connectivity index (χ1n) is 0.521. The van der Waals surface area contributed by atoms with Gasteiger partial charge in [0.25, 0.3) is 0 Å². The van der Waals surface area contributed by atoms with Crippen LogP contribution in [0.25, 0.3) is 0 Å². The molecule has 0 aliphatic rings. The molecule has 0 aromatic rings. The standard InChI is InChI=1S/Cl2PS/c1-3(2)4/q+1. The SMILES string of the molecule is S=[P+](Cl)Cl. The second-order valence-electron chi connectivity index (χ2n) is 0.202. The first kappa shape index (κ1) is 5.10. The maximum atomic E-state index is 4.92. The first-order valence-corrected chi connectivity index (χ1v) is 4.69. The average molecular weight is 134 g/mol. The molecule has 0 aromatic carbocycles. The summed E-state index contributed by atoms with van der Waals surface area (Å²) < 4.78 is 0. The van der Waals surface area contributed by atoms with E-state index in [-0.39, 0.29) is 0 Å². The summed E-state index contributed by atoms with van der Waals surface area (Å²) in [4.78, 5) is 0. The van der Waals surface area contributed by atoms with E-state index in [4.69, 9.17) is 22.5 Å². The minimum atomic E-state index is -1.09. The Bertz CT molecular complexity index is 29.0. The van der Waals surface area contributed by atoms with Gasteiger partial charge < -0.3 is 0 Å². The van der Waals surface area contributed by atoms with Crippen LogP contribution in [0.4, 0.5) is 0 Å². The Morgan fingerprint density at radius 3 is 1.50 bits per heavy atom. The second-order valence-corrected chi connectivity index (χ2v) is 5.45. The van der Waals surface area contributed by atoms with Crippen LogP contribution in [0.5, 0.6) is 0 Å². The average Bonchev–Trinajstić information content (AvgIpc) is 0.811. The summed E-state index contributed by atoms with van der Waals surface area (Å²) in [5.74, 6) is 0. The molecule has 4 heteroatoms. The van der Waals surface area contributed by atoms with Crippen LogP contribution in [0.1, 0.15) is 0 Å². The van der Waals surface area contributed by atoms with Crippen LogP contribution in [0.2, 0.25) is 0 Å². The van der Waals surface area contributed by atoms with Crippen molar-refractivity contribution in [2.24, 2.45) is 0 Å². The Labute approximate surface area is 40.1 Å². The molecule has 0 spiro atoms. The van der Waals surface area contributed by atoms with Crippen molar-refractivity contribution in [2.45, 2.75) is 0 Å². The van der Waals surface area contributed by atoms with E-state index < -0.39 is 5.40 Å². The lowest BCUT2D eigenvalue weighted by Gasteiger charge is -1.28. The molecule has 0 aliphatic heterocycles. The number of hydrogen-bond donors (Lipinski definition) is 0.